The highest BCUT2D eigenvalue weighted by Crippen LogP contribution is 2.46. The molecular weight excluding hydrogens is 427 g/mol. The molecular formula is C17H21BrF3N5O. The zero-order valence-electron chi connectivity index (χ0n) is 14.9. The molecule has 0 unspecified atom stereocenters. The van der Waals surface area contributed by atoms with Gasteiger partial charge in [-0.15, -0.1) is 0 Å². The van der Waals surface area contributed by atoms with Crippen LogP contribution in [0.4, 0.5) is 13.2 Å². The van der Waals surface area contributed by atoms with Gasteiger partial charge in [-0.1, -0.05) is 0 Å². The third kappa shape index (κ3) is 4.91. The van der Waals surface area contributed by atoms with Gasteiger partial charge < -0.3 is 5.32 Å². The van der Waals surface area contributed by atoms with Crippen LogP contribution in [0.25, 0.3) is 0 Å². The molecule has 0 radical (unpaired) electrons. The van der Waals surface area contributed by atoms with Crippen LogP contribution in [0, 0.1) is 6.92 Å². The summed E-state index contributed by atoms with van der Waals surface area (Å²) >= 11 is 3.05. The number of hydrogen-bond donors (Lipinski definition) is 1. The van der Waals surface area contributed by atoms with Gasteiger partial charge in [0.25, 0.3) is 0 Å². The molecule has 2 aromatic rings. The Morgan fingerprint density at radius 1 is 1.33 bits per heavy atom. The molecule has 0 bridgehead atoms. The molecule has 2 aromatic heterocycles. The van der Waals surface area contributed by atoms with Crippen molar-refractivity contribution in [2.45, 2.75) is 57.8 Å². The Bertz CT molecular complexity index is 810. The first-order valence-corrected chi connectivity index (χ1v) is 9.65. The van der Waals surface area contributed by atoms with E-state index in [0.29, 0.717) is 18.8 Å². The maximum absolute atomic E-state index is 13.1. The lowest BCUT2D eigenvalue weighted by Gasteiger charge is -2.09. The molecule has 27 heavy (non-hydrogen) atoms. The van der Waals surface area contributed by atoms with Crippen molar-refractivity contribution in [1.29, 1.82) is 0 Å². The van der Waals surface area contributed by atoms with E-state index < -0.39 is 11.9 Å². The summed E-state index contributed by atoms with van der Waals surface area (Å²) in [5.41, 5.74) is 0.683. The number of aromatic nitrogens is 4. The maximum Gasteiger partial charge on any atom is 0.436 e. The number of amides is 1. The van der Waals surface area contributed by atoms with Crippen LogP contribution in [-0.4, -0.2) is 32.0 Å². The van der Waals surface area contributed by atoms with E-state index in [1.54, 1.807) is 6.20 Å². The normalized spacial score (nSPS) is 14.6. The van der Waals surface area contributed by atoms with Gasteiger partial charge in [-0.05, 0) is 48.2 Å². The van der Waals surface area contributed by atoms with E-state index in [-0.39, 0.29) is 29.3 Å². The van der Waals surface area contributed by atoms with E-state index >= 15 is 0 Å². The first-order chi connectivity index (χ1) is 12.8. The van der Waals surface area contributed by atoms with E-state index in [2.05, 4.69) is 31.4 Å². The fourth-order valence-electron chi connectivity index (χ4n) is 2.94. The molecule has 0 spiro atoms. The van der Waals surface area contributed by atoms with Crippen molar-refractivity contribution in [1.82, 2.24) is 24.9 Å². The molecule has 1 fully saturated rings. The average Bonchev–Trinajstić information content (AvgIpc) is 3.25. The Morgan fingerprint density at radius 3 is 2.67 bits per heavy atom. The first kappa shape index (κ1) is 19.9. The van der Waals surface area contributed by atoms with Crippen molar-refractivity contribution in [2.24, 2.45) is 0 Å². The monoisotopic (exact) mass is 447 g/mol. The Hall–Kier alpha value is -1.84. The minimum Gasteiger partial charge on any atom is -0.356 e. The lowest BCUT2D eigenvalue weighted by atomic mass is 10.2. The van der Waals surface area contributed by atoms with Crippen LogP contribution in [-0.2, 0) is 24.1 Å². The largest absolute Gasteiger partial charge is 0.436 e. The van der Waals surface area contributed by atoms with Gasteiger partial charge in [-0.3, -0.25) is 14.2 Å². The summed E-state index contributed by atoms with van der Waals surface area (Å²) in [6.45, 7) is 3.28. The molecule has 2 heterocycles. The van der Waals surface area contributed by atoms with Crippen molar-refractivity contribution < 1.29 is 18.0 Å². The molecule has 0 atom stereocenters. The van der Waals surface area contributed by atoms with E-state index in [1.807, 2.05) is 17.7 Å². The smallest absolute Gasteiger partial charge is 0.356 e. The number of nitrogens with zero attached hydrogens (tertiary/aromatic N) is 4. The van der Waals surface area contributed by atoms with Crippen LogP contribution >= 0.6 is 15.9 Å². The van der Waals surface area contributed by atoms with Crippen LogP contribution < -0.4 is 5.32 Å². The number of alkyl halides is 3. The summed E-state index contributed by atoms with van der Waals surface area (Å²) in [5, 5.41) is 10.7. The van der Waals surface area contributed by atoms with Crippen molar-refractivity contribution in [3.63, 3.8) is 0 Å². The van der Waals surface area contributed by atoms with Gasteiger partial charge in [0, 0.05) is 37.3 Å². The second-order valence-electron chi connectivity index (χ2n) is 6.69. The summed E-state index contributed by atoms with van der Waals surface area (Å²) in [6.07, 6.45) is -0.274. The molecule has 1 N–H and O–H groups in total. The number of carbonyl (C=O) groups excluding carboxylic acids is 1. The zero-order valence-corrected chi connectivity index (χ0v) is 16.5. The van der Waals surface area contributed by atoms with E-state index in [0.717, 1.165) is 25.0 Å². The summed E-state index contributed by atoms with van der Waals surface area (Å²) in [7, 11) is 0. The van der Waals surface area contributed by atoms with Gasteiger partial charge in [0.15, 0.2) is 5.69 Å². The predicted octanol–water partition coefficient (Wildman–Crippen LogP) is 3.64. The third-order valence-electron chi connectivity index (χ3n) is 4.51. The van der Waals surface area contributed by atoms with Crippen molar-refractivity contribution in [3.8, 4) is 0 Å². The highest BCUT2D eigenvalue weighted by molar-refractivity contribution is 9.10. The second kappa shape index (κ2) is 8.04. The van der Waals surface area contributed by atoms with Crippen LogP contribution in [0.15, 0.2) is 16.7 Å². The number of rotatable bonds is 8. The van der Waals surface area contributed by atoms with Crippen molar-refractivity contribution in [3.05, 3.63) is 33.8 Å². The summed E-state index contributed by atoms with van der Waals surface area (Å²) < 4.78 is 42.4. The molecule has 0 saturated heterocycles. The van der Waals surface area contributed by atoms with Crippen LogP contribution in [0.2, 0.25) is 0 Å². The molecule has 0 aliphatic heterocycles. The van der Waals surface area contributed by atoms with Crippen LogP contribution in [0.5, 0.6) is 0 Å². The van der Waals surface area contributed by atoms with Gasteiger partial charge in [0.05, 0.1) is 16.7 Å². The fourth-order valence-corrected chi connectivity index (χ4v) is 3.77. The zero-order chi connectivity index (χ0) is 19.6. The summed E-state index contributed by atoms with van der Waals surface area (Å²) in [6, 6.07) is 1.91. The minimum absolute atomic E-state index is 0.00695. The maximum atomic E-state index is 13.1. The van der Waals surface area contributed by atoms with Gasteiger partial charge in [0.1, 0.15) is 0 Å². The van der Waals surface area contributed by atoms with Gasteiger partial charge in [-0.2, -0.15) is 23.4 Å². The SMILES string of the molecule is Cc1ccnn1CCCNC(=O)CCn1nc(C(F)(F)F)c(Br)c1C1CC1. The number of aryl methyl sites for hydroxylation is 3. The average molecular weight is 448 g/mol. The Labute approximate surface area is 163 Å². The van der Waals surface area contributed by atoms with E-state index in [9.17, 15) is 18.0 Å². The van der Waals surface area contributed by atoms with Gasteiger partial charge >= 0.3 is 6.18 Å². The Balaban J connectivity index is 1.50. The van der Waals surface area contributed by atoms with Crippen molar-refractivity contribution >= 4 is 21.8 Å². The topological polar surface area (TPSA) is 64.7 Å². The van der Waals surface area contributed by atoms with Crippen LogP contribution in [0.1, 0.15) is 48.7 Å². The van der Waals surface area contributed by atoms with Gasteiger partial charge in [-0.25, -0.2) is 0 Å². The molecule has 3 rings (SSSR count). The third-order valence-corrected chi connectivity index (χ3v) is 5.29. The number of carbonyl (C=O) groups is 1. The lowest BCUT2D eigenvalue weighted by molar-refractivity contribution is -0.142. The second-order valence-corrected chi connectivity index (χ2v) is 7.49. The molecule has 1 aliphatic rings. The predicted molar refractivity (Wildman–Crippen MR) is 96.1 cm³/mol. The number of hydrogen-bond acceptors (Lipinski definition) is 3. The Morgan fingerprint density at radius 2 is 2.07 bits per heavy atom. The molecule has 1 aliphatic carbocycles. The van der Waals surface area contributed by atoms with Gasteiger partial charge in [0.2, 0.25) is 5.91 Å². The van der Waals surface area contributed by atoms with Crippen LogP contribution in [0.3, 0.4) is 0 Å². The van der Waals surface area contributed by atoms with E-state index in [4.69, 9.17) is 0 Å². The summed E-state index contributed by atoms with van der Waals surface area (Å²) in [4.78, 5) is 12.0. The molecule has 0 aromatic carbocycles. The highest BCUT2D eigenvalue weighted by atomic mass is 79.9. The lowest BCUT2D eigenvalue weighted by Crippen LogP contribution is -2.26. The molecule has 148 valence electrons. The summed E-state index contributed by atoms with van der Waals surface area (Å²) in [5.74, 6) is -0.113. The molecule has 10 heteroatoms. The standard InChI is InChI=1S/C17H21BrF3N5O/c1-11-5-8-23-25(11)9-2-7-22-13(27)6-10-26-15(12-3-4-12)14(18)16(24-26)17(19,20)21/h5,8,12H,2-4,6-7,9-10H2,1H3,(H,22,27). The van der Waals surface area contributed by atoms with E-state index in [1.165, 1.54) is 4.68 Å². The minimum atomic E-state index is -4.51. The molecule has 6 nitrogen and oxygen atoms in total. The van der Waals surface area contributed by atoms with Crippen molar-refractivity contribution in [2.75, 3.05) is 6.54 Å². The number of halogens is 4. The highest BCUT2D eigenvalue weighted by Gasteiger charge is 2.41. The quantitative estimate of drug-likeness (QED) is 0.628. The molecule has 1 saturated carbocycles. The number of nitrogens with one attached hydrogen (secondary N) is 1. The Kier molecular flexibility index (Phi) is 5.92. The molecule has 1 amide bonds. The first-order valence-electron chi connectivity index (χ1n) is 8.86. The fraction of sp³-hybridized carbons (Fsp3) is 0.588.